The summed E-state index contributed by atoms with van der Waals surface area (Å²) < 4.78 is -1.35. The standard InChI is InChI=1S/C10H11BrO3/c1-10(11,9(13)14)8(12)7-5-3-2-4-6-7/h2-6,8,12H,1H3,(H,13,14)/t8-,10-/m1/s1. The molecule has 0 saturated carbocycles. The Morgan fingerprint density at radius 1 is 1.43 bits per heavy atom. The van der Waals surface area contributed by atoms with E-state index in [-0.39, 0.29) is 0 Å². The summed E-state index contributed by atoms with van der Waals surface area (Å²) in [5.41, 5.74) is 0.578. The van der Waals surface area contributed by atoms with Crippen LogP contribution in [0, 0.1) is 0 Å². The third kappa shape index (κ3) is 2.13. The third-order valence-electron chi connectivity index (χ3n) is 2.05. The minimum absolute atomic E-state index is 0.578. The number of alkyl halides is 1. The van der Waals surface area contributed by atoms with Gasteiger partial charge in [0.2, 0.25) is 0 Å². The lowest BCUT2D eigenvalue weighted by molar-refractivity contribution is -0.142. The first-order chi connectivity index (χ1) is 6.46. The third-order valence-corrected chi connectivity index (χ3v) is 2.82. The zero-order valence-electron chi connectivity index (χ0n) is 7.64. The lowest BCUT2D eigenvalue weighted by Crippen LogP contribution is -2.35. The summed E-state index contributed by atoms with van der Waals surface area (Å²) in [4.78, 5) is 10.8. The van der Waals surface area contributed by atoms with E-state index in [0.29, 0.717) is 5.56 Å². The van der Waals surface area contributed by atoms with Crippen molar-refractivity contribution in [2.24, 2.45) is 0 Å². The summed E-state index contributed by atoms with van der Waals surface area (Å²) in [5, 5.41) is 18.7. The number of carboxylic acids is 1. The Hall–Kier alpha value is -0.870. The van der Waals surface area contributed by atoms with Gasteiger partial charge in [-0.3, -0.25) is 4.79 Å². The van der Waals surface area contributed by atoms with Crippen LogP contribution in [0.1, 0.15) is 18.6 Å². The van der Waals surface area contributed by atoms with Crippen molar-refractivity contribution >= 4 is 21.9 Å². The lowest BCUT2D eigenvalue weighted by atomic mass is 9.97. The Bertz CT molecular complexity index is 321. The monoisotopic (exact) mass is 258 g/mol. The second-order valence-electron chi connectivity index (χ2n) is 3.19. The minimum Gasteiger partial charge on any atom is -0.480 e. The molecule has 0 aliphatic carbocycles. The predicted octanol–water partition coefficient (Wildman–Crippen LogP) is 1.96. The molecule has 0 unspecified atom stereocenters. The van der Waals surface area contributed by atoms with E-state index in [1.807, 2.05) is 6.07 Å². The predicted molar refractivity (Wildman–Crippen MR) is 56.4 cm³/mol. The van der Waals surface area contributed by atoms with Gasteiger partial charge in [0.05, 0.1) is 0 Å². The van der Waals surface area contributed by atoms with E-state index in [4.69, 9.17) is 5.11 Å². The first-order valence-electron chi connectivity index (χ1n) is 4.11. The summed E-state index contributed by atoms with van der Waals surface area (Å²) in [6, 6.07) is 8.69. The van der Waals surface area contributed by atoms with Crippen molar-refractivity contribution in [3.63, 3.8) is 0 Å². The van der Waals surface area contributed by atoms with Gasteiger partial charge in [-0.2, -0.15) is 0 Å². The van der Waals surface area contributed by atoms with Crippen LogP contribution in [0.2, 0.25) is 0 Å². The fraction of sp³-hybridized carbons (Fsp3) is 0.300. The molecule has 76 valence electrons. The van der Waals surface area contributed by atoms with Gasteiger partial charge in [-0.1, -0.05) is 46.3 Å². The molecule has 2 N–H and O–H groups in total. The van der Waals surface area contributed by atoms with Crippen LogP contribution < -0.4 is 0 Å². The number of rotatable bonds is 3. The van der Waals surface area contributed by atoms with E-state index < -0.39 is 16.4 Å². The number of aliphatic carboxylic acids is 1. The van der Waals surface area contributed by atoms with Crippen molar-refractivity contribution in [1.29, 1.82) is 0 Å². The zero-order chi connectivity index (χ0) is 10.8. The van der Waals surface area contributed by atoms with Crippen molar-refractivity contribution in [3.05, 3.63) is 35.9 Å². The minimum atomic E-state index is -1.35. The molecule has 0 saturated heterocycles. The van der Waals surface area contributed by atoms with Gasteiger partial charge in [0.25, 0.3) is 0 Å². The number of carbonyl (C=O) groups is 1. The molecule has 0 aromatic heterocycles. The number of aliphatic hydroxyl groups excluding tert-OH is 1. The Morgan fingerprint density at radius 3 is 2.36 bits per heavy atom. The summed E-state index contributed by atoms with van der Waals surface area (Å²) in [6.07, 6.45) is -1.07. The maximum absolute atomic E-state index is 10.8. The van der Waals surface area contributed by atoms with Gasteiger partial charge in [0.15, 0.2) is 0 Å². The van der Waals surface area contributed by atoms with E-state index in [2.05, 4.69) is 15.9 Å². The summed E-state index contributed by atoms with van der Waals surface area (Å²) in [5.74, 6) is -1.09. The summed E-state index contributed by atoms with van der Waals surface area (Å²) in [7, 11) is 0. The van der Waals surface area contributed by atoms with Gasteiger partial charge in [-0.15, -0.1) is 0 Å². The molecule has 3 nitrogen and oxygen atoms in total. The van der Waals surface area contributed by atoms with Gasteiger partial charge in [-0.05, 0) is 12.5 Å². The molecule has 4 heteroatoms. The van der Waals surface area contributed by atoms with Crippen LogP contribution in [0.25, 0.3) is 0 Å². The number of hydrogen-bond donors (Lipinski definition) is 2. The Morgan fingerprint density at radius 2 is 1.93 bits per heavy atom. The molecule has 1 aromatic carbocycles. The molecule has 0 amide bonds. The van der Waals surface area contributed by atoms with Crippen LogP contribution in [0.3, 0.4) is 0 Å². The van der Waals surface area contributed by atoms with Crippen LogP contribution >= 0.6 is 15.9 Å². The number of hydrogen-bond acceptors (Lipinski definition) is 2. The van der Waals surface area contributed by atoms with Crippen LogP contribution in [-0.4, -0.2) is 20.5 Å². The van der Waals surface area contributed by atoms with Gasteiger partial charge in [0.1, 0.15) is 10.4 Å². The molecule has 14 heavy (non-hydrogen) atoms. The molecule has 1 aromatic rings. The van der Waals surface area contributed by atoms with Gasteiger partial charge < -0.3 is 10.2 Å². The van der Waals surface area contributed by atoms with Crippen LogP contribution in [0.15, 0.2) is 30.3 Å². The van der Waals surface area contributed by atoms with Crippen LogP contribution in [0.4, 0.5) is 0 Å². The normalized spacial score (nSPS) is 17.1. The van der Waals surface area contributed by atoms with Crippen molar-refractivity contribution in [1.82, 2.24) is 0 Å². The summed E-state index contributed by atoms with van der Waals surface area (Å²) >= 11 is 3.00. The molecule has 0 heterocycles. The highest BCUT2D eigenvalue weighted by Gasteiger charge is 2.38. The number of carboxylic acid groups (broad SMARTS) is 1. The van der Waals surface area contributed by atoms with Crippen molar-refractivity contribution in [2.75, 3.05) is 0 Å². The molecular formula is C10H11BrO3. The second kappa shape index (κ2) is 4.11. The SMILES string of the molecule is C[C@](Br)(C(=O)O)[C@H](O)c1ccccc1. The average Bonchev–Trinajstić information content (AvgIpc) is 2.17. The topological polar surface area (TPSA) is 57.5 Å². The fourth-order valence-electron chi connectivity index (χ4n) is 1.07. The molecule has 0 spiro atoms. The maximum Gasteiger partial charge on any atom is 0.323 e. The number of aliphatic hydroxyl groups is 1. The zero-order valence-corrected chi connectivity index (χ0v) is 9.23. The molecular weight excluding hydrogens is 248 g/mol. The van der Waals surface area contributed by atoms with Gasteiger partial charge in [0, 0.05) is 0 Å². The average molecular weight is 259 g/mol. The van der Waals surface area contributed by atoms with Crippen molar-refractivity contribution in [3.8, 4) is 0 Å². The Labute approximate surface area is 90.5 Å². The molecule has 0 bridgehead atoms. The first kappa shape index (κ1) is 11.2. The Kier molecular flexibility index (Phi) is 3.29. The van der Waals surface area contributed by atoms with E-state index >= 15 is 0 Å². The fourth-order valence-corrected chi connectivity index (χ4v) is 1.33. The molecule has 0 fully saturated rings. The largest absolute Gasteiger partial charge is 0.480 e. The second-order valence-corrected chi connectivity index (χ2v) is 4.84. The highest BCUT2D eigenvalue weighted by atomic mass is 79.9. The molecule has 1 rings (SSSR count). The molecule has 0 aliphatic rings. The molecule has 0 radical (unpaired) electrons. The number of benzene rings is 1. The van der Waals surface area contributed by atoms with Crippen molar-refractivity contribution < 1.29 is 15.0 Å². The van der Waals surface area contributed by atoms with Gasteiger partial charge >= 0.3 is 5.97 Å². The van der Waals surface area contributed by atoms with Crippen LogP contribution in [0.5, 0.6) is 0 Å². The van der Waals surface area contributed by atoms with Crippen LogP contribution in [-0.2, 0) is 4.79 Å². The smallest absolute Gasteiger partial charge is 0.323 e. The molecule has 0 aliphatic heterocycles. The van der Waals surface area contributed by atoms with E-state index in [1.54, 1.807) is 24.3 Å². The van der Waals surface area contributed by atoms with E-state index in [0.717, 1.165) is 0 Å². The first-order valence-corrected chi connectivity index (χ1v) is 4.91. The van der Waals surface area contributed by atoms with Crippen molar-refractivity contribution in [2.45, 2.75) is 17.4 Å². The Balaban J connectivity index is 2.96. The quantitative estimate of drug-likeness (QED) is 0.816. The number of halogens is 1. The highest BCUT2D eigenvalue weighted by Crippen LogP contribution is 2.33. The van der Waals surface area contributed by atoms with Gasteiger partial charge in [-0.25, -0.2) is 0 Å². The maximum atomic E-state index is 10.8. The van der Waals surface area contributed by atoms with E-state index in [1.165, 1.54) is 6.92 Å². The highest BCUT2D eigenvalue weighted by molar-refractivity contribution is 9.10. The molecule has 2 atom stereocenters. The lowest BCUT2D eigenvalue weighted by Gasteiger charge is -2.24. The van der Waals surface area contributed by atoms with E-state index in [9.17, 15) is 9.90 Å². The summed E-state index contributed by atoms with van der Waals surface area (Å²) in [6.45, 7) is 1.42.